The van der Waals surface area contributed by atoms with Gasteiger partial charge in [0.25, 0.3) is 0 Å². The Morgan fingerprint density at radius 2 is 1.22 bits per heavy atom. The molecule has 3 N–H and O–H groups in total. The van der Waals surface area contributed by atoms with Crippen LogP contribution in [0.3, 0.4) is 0 Å². The first-order chi connectivity index (χ1) is 23.7. The van der Waals surface area contributed by atoms with E-state index in [1.807, 2.05) is 78.9 Å². The standard InChI is InChI=1S/C37H40NO10P/c1-27(39)38-36(40)34(44-22-29-15-7-3-8-16-29)37(41,49(42)46-24-31-19-11-12-20-32(31)25-47-49)33(26-43-21-28-13-5-2-6-14-28)48-35(36)45-23-30-17-9-4-10-18-30/h2-20,33-35,40-41H,21-26H2,1H3,(H,38,39)/t33-,34-,35-,36-,37+/m1/s1. The van der Waals surface area contributed by atoms with Gasteiger partial charge in [0.2, 0.25) is 23.3 Å². The summed E-state index contributed by atoms with van der Waals surface area (Å²) in [6, 6.07) is 34.8. The van der Waals surface area contributed by atoms with E-state index in [0.29, 0.717) is 16.7 Å². The third-order valence-corrected chi connectivity index (χ3v) is 10.8. The summed E-state index contributed by atoms with van der Waals surface area (Å²) in [5.41, 5.74) is 1.07. The van der Waals surface area contributed by atoms with Crippen LogP contribution < -0.4 is 5.32 Å². The Hall–Kier alpha value is -3.74. The summed E-state index contributed by atoms with van der Waals surface area (Å²) in [4.78, 5) is 12.8. The van der Waals surface area contributed by atoms with E-state index in [0.717, 1.165) is 11.1 Å². The molecule has 5 atom stereocenters. The van der Waals surface area contributed by atoms with Gasteiger partial charge in [-0.3, -0.25) is 9.36 Å². The summed E-state index contributed by atoms with van der Waals surface area (Å²) in [5.74, 6) is -0.692. The number of hydrogen-bond donors (Lipinski definition) is 3. The fourth-order valence-electron chi connectivity index (χ4n) is 6.02. The first-order valence-corrected chi connectivity index (χ1v) is 17.5. The van der Waals surface area contributed by atoms with Gasteiger partial charge in [-0.25, -0.2) is 0 Å². The van der Waals surface area contributed by atoms with Crippen LogP contribution in [0.25, 0.3) is 0 Å². The molecule has 0 spiro atoms. The highest BCUT2D eigenvalue weighted by Gasteiger charge is 2.73. The minimum absolute atomic E-state index is 0.0468. The highest BCUT2D eigenvalue weighted by molar-refractivity contribution is 7.55. The van der Waals surface area contributed by atoms with Crippen molar-refractivity contribution in [1.82, 2.24) is 5.32 Å². The molecule has 0 bridgehead atoms. The number of hydrogen-bond acceptors (Lipinski definition) is 10. The van der Waals surface area contributed by atoms with Crippen molar-refractivity contribution in [3.05, 3.63) is 143 Å². The lowest BCUT2D eigenvalue weighted by Gasteiger charge is -2.55. The van der Waals surface area contributed by atoms with Crippen LogP contribution in [-0.4, -0.2) is 52.3 Å². The smallest absolute Gasteiger partial charge is 0.368 e. The summed E-state index contributed by atoms with van der Waals surface area (Å²) in [5, 5.41) is 25.3. The Balaban J connectivity index is 1.43. The van der Waals surface area contributed by atoms with Crippen LogP contribution in [0.1, 0.15) is 34.7 Å². The van der Waals surface area contributed by atoms with Crippen LogP contribution in [0.2, 0.25) is 0 Å². The second kappa shape index (κ2) is 15.4. The van der Waals surface area contributed by atoms with Gasteiger partial charge in [0.1, 0.15) is 6.10 Å². The van der Waals surface area contributed by atoms with Crippen molar-refractivity contribution in [3.8, 4) is 0 Å². The van der Waals surface area contributed by atoms with Crippen molar-refractivity contribution in [3.63, 3.8) is 0 Å². The second-order valence-corrected chi connectivity index (χ2v) is 14.3. The molecule has 11 nitrogen and oxygen atoms in total. The highest BCUT2D eigenvalue weighted by atomic mass is 31.2. The first kappa shape index (κ1) is 35.1. The third-order valence-electron chi connectivity index (χ3n) is 8.50. The van der Waals surface area contributed by atoms with Crippen molar-refractivity contribution in [2.45, 2.75) is 69.5 Å². The maximum atomic E-state index is 15.1. The molecule has 6 rings (SSSR count). The number of carbonyl (C=O) groups is 1. The molecule has 258 valence electrons. The predicted molar refractivity (Wildman–Crippen MR) is 178 cm³/mol. The van der Waals surface area contributed by atoms with Gasteiger partial charge in [0.15, 0.2) is 6.10 Å². The molecule has 4 aromatic carbocycles. The number of ether oxygens (including phenoxy) is 4. The lowest BCUT2D eigenvalue weighted by atomic mass is 9.91. The molecule has 49 heavy (non-hydrogen) atoms. The number of aliphatic hydroxyl groups is 2. The Bertz CT molecular complexity index is 1700. The van der Waals surface area contributed by atoms with Gasteiger partial charge in [-0.15, -0.1) is 0 Å². The first-order valence-electron chi connectivity index (χ1n) is 16.0. The summed E-state index contributed by atoms with van der Waals surface area (Å²) in [6.07, 6.45) is -5.05. The number of benzene rings is 4. The van der Waals surface area contributed by atoms with Gasteiger partial charge in [-0.1, -0.05) is 115 Å². The summed E-state index contributed by atoms with van der Waals surface area (Å²) < 4.78 is 52.0. The van der Waals surface area contributed by atoms with Crippen LogP contribution in [0.4, 0.5) is 0 Å². The van der Waals surface area contributed by atoms with Gasteiger partial charge < -0.3 is 43.5 Å². The van der Waals surface area contributed by atoms with E-state index in [1.54, 1.807) is 36.4 Å². The Kier molecular flexibility index (Phi) is 11.1. The van der Waals surface area contributed by atoms with Gasteiger partial charge in [-0.05, 0) is 27.8 Å². The van der Waals surface area contributed by atoms with Crippen LogP contribution >= 0.6 is 7.60 Å². The molecule has 2 heterocycles. The molecule has 0 radical (unpaired) electrons. The molecule has 0 aliphatic carbocycles. The molecule has 1 saturated heterocycles. The maximum absolute atomic E-state index is 15.1. The number of rotatable bonds is 12. The van der Waals surface area contributed by atoms with Crippen molar-refractivity contribution in [1.29, 1.82) is 0 Å². The maximum Gasteiger partial charge on any atom is 0.368 e. The molecule has 0 saturated carbocycles. The Morgan fingerprint density at radius 1 is 0.755 bits per heavy atom. The monoisotopic (exact) mass is 689 g/mol. The lowest BCUT2D eigenvalue weighted by molar-refractivity contribution is -0.370. The summed E-state index contributed by atoms with van der Waals surface area (Å²) in [6.45, 7) is 0.396. The average molecular weight is 690 g/mol. The van der Waals surface area contributed by atoms with Crippen LogP contribution in [0.5, 0.6) is 0 Å². The zero-order valence-electron chi connectivity index (χ0n) is 27.1. The summed E-state index contributed by atoms with van der Waals surface area (Å²) in [7, 11) is -4.74. The largest absolute Gasteiger partial charge is 0.374 e. The molecule has 4 aromatic rings. The van der Waals surface area contributed by atoms with E-state index in [-0.39, 0.29) is 39.6 Å². The normalized spacial score (nSPS) is 26.3. The molecule has 0 unspecified atom stereocenters. The molecule has 2 aliphatic rings. The highest BCUT2D eigenvalue weighted by Crippen LogP contribution is 2.67. The van der Waals surface area contributed by atoms with Crippen LogP contribution in [0, 0.1) is 0 Å². The van der Waals surface area contributed by atoms with Crippen molar-refractivity contribution in [2.24, 2.45) is 0 Å². The van der Waals surface area contributed by atoms with Crippen molar-refractivity contribution in [2.75, 3.05) is 6.61 Å². The molecule has 1 amide bonds. The molecule has 0 aromatic heterocycles. The zero-order valence-corrected chi connectivity index (χ0v) is 27.9. The van der Waals surface area contributed by atoms with E-state index in [1.165, 1.54) is 6.92 Å². The van der Waals surface area contributed by atoms with E-state index < -0.39 is 43.1 Å². The third kappa shape index (κ3) is 7.71. The van der Waals surface area contributed by atoms with Crippen LogP contribution in [0.15, 0.2) is 115 Å². The minimum atomic E-state index is -4.74. The minimum Gasteiger partial charge on any atom is -0.374 e. The molecule has 1 fully saturated rings. The number of carbonyl (C=O) groups excluding carboxylic acids is 1. The van der Waals surface area contributed by atoms with Gasteiger partial charge >= 0.3 is 7.60 Å². The van der Waals surface area contributed by atoms with Gasteiger partial charge in [-0.2, -0.15) is 0 Å². The van der Waals surface area contributed by atoms with E-state index in [2.05, 4.69) is 5.32 Å². The quantitative estimate of drug-likeness (QED) is 0.135. The van der Waals surface area contributed by atoms with Crippen molar-refractivity contribution >= 4 is 13.5 Å². The second-order valence-electron chi connectivity index (χ2n) is 12.0. The summed E-state index contributed by atoms with van der Waals surface area (Å²) >= 11 is 0. The fourth-order valence-corrected chi connectivity index (χ4v) is 8.18. The van der Waals surface area contributed by atoms with E-state index >= 15 is 4.57 Å². The SMILES string of the molecule is CC(=O)N[C@]1(O)[C@H](OCc2ccccc2)O[C@H](COCc2ccccc2)[C@](O)(P2(=O)OCc3ccccc3CO2)[C@@H]1OCc1ccccc1. The molecule has 2 aliphatic heterocycles. The fraction of sp³-hybridized carbons (Fsp3) is 0.324. The van der Waals surface area contributed by atoms with E-state index in [4.69, 9.17) is 28.0 Å². The average Bonchev–Trinajstić information content (AvgIpc) is 3.29. The number of nitrogens with one attached hydrogen (secondary N) is 1. The Labute approximate surface area is 285 Å². The number of fused-ring (bicyclic) bond motifs is 1. The topological polar surface area (TPSA) is 142 Å². The van der Waals surface area contributed by atoms with Gasteiger partial charge in [0, 0.05) is 6.92 Å². The molecule has 12 heteroatoms. The molecular weight excluding hydrogens is 649 g/mol. The Morgan fingerprint density at radius 3 is 1.73 bits per heavy atom. The van der Waals surface area contributed by atoms with Gasteiger partial charge in [0.05, 0.1) is 39.6 Å². The number of amides is 1. The predicted octanol–water partition coefficient (Wildman–Crippen LogP) is 5.18. The van der Waals surface area contributed by atoms with E-state index in [9.17, 15) is 15.0 Å². The lowest BCUT2D eigenvalue weighted by Crippen LogP contribution is -2.78. The van der Waals surface area contributed by atoms with Crippen LogP contribution in [-0.2, 0) is 70.4 Å². The molecular formula is C37H40NO10P. The van der Waals surface area contributed by atoms with Crippen molar-refractivity contribution < 1.29 is 47.6 Å². The zero-order chi connectivity index (χ0) is 34.3.